The van der Waals surface area contributed by atoms with Crippen molar-refractivity contribution in [1.82, 2.24) is 24.7 Å². The number of aromatic nitrogens is 5. The van der Waals surface area contributed by atoms with E-state index in [9.17, 15) is 4.79 Å². The van der Waals surface area contributed by atoms with Crippen LogP contribution < -0.4 is 24.8 Å². The first-order valence-corrected chi connectivity index (χ1v) is 12.9. The van der Waals surface area contributed by atoms with Gasteiger partial charge in [-0.3, -0.25) is 10.3 Å². The fourth-order valence-electron chi connectivity index (χ4n) is 4.17. The Morgan fingerprint density at radius 1 is 0.951 bits per heavy atom. The predicted molar refractivity (Wildman–Crippen MR) is 157 cm³/mol. The Bertz CT molecular complexity index is 1730. The van der Waals surface area contributed by atoms with Gasteiger partial charge in [0, 0.05) is 35.5 Å². The van der Waals surface area contributed by atoms with Crippen molar-refractivity contribution in [3.8, 4) is 28.8 Å². The number of rotatable bonds is 7. The van der Waals surface area contributed by atoms with Crippen molar-refractivity contribution in [2.24, 2.45) is 0 Å². The Labute approximate surface area is 237 Å². The number of anilines is 2. The summed E-state index contributed by atoms with van der Waals surface area (Å²) in [5.41, 5.74) is 3.52. The highest BCUT2D eigenvalue weighted by atomic mass is 16.5. The van der Waals surface area contributed by atoms with Crippen molar-refractivity contribution in [3.63, 3.8) is 0 Å². The van der Waals surface area contributed by atoms with Crippen molar-refractivity contribution in [3.05, 3.63) is 78.5 Å². The quantitative estimate of drug-likeness (QED) is 0.242. The fourth-order valence-corrected chi connectivity index (χ4v) is 4.17. The van der Waals surface area contributed by atoms with E-state index in [4.69, 9.17) is 19.3 Å². The van der Waals surface area contributed by atoms with Crippen LogP contribution in [0, 0.1) is 6.92 Å². The van der Waals surface area contributed by atoms with Crippen LogP contribution in [0.1, 0.15) is 32.0 Å². The Hall–Kier alpha value is -5.19. The molecule has 0 aliphatic heterocycles. The molecule has 0 fully saturated rings. The van der Waals surface area contributed by atoms with E-state index in [1.54, 1.807) is 67.7 Å². The summed E-state index contributed by atoms with van der Waals surface area (Å²) >= 11 is 0. The highest BCUT2D eigenvalue weighted by Gasteiger charge is 2.22. The summed E-state index contributed by atoms with van der Waals surface area (Å²) in [5.74, 6) is 2.41. The molecule has 0 aliphatic carbocycles. The number of methoxy groups -OCH3 is 2. The molecule has 0 spiro atoms. The molecule has 0 aliphatic rings. The summed E-state index contributed by atoms with van der Waals surface area (Å²) in [5, 5.41) is 11.2. The molecule has 2 N–H and O–H groups in total. The number of nitrogens with one attached hydrogen (secondary N) is 2. The van der Waals surface area contributed by atoms with Gasteiger partial charge in [-0.15, -0.1) is 0 Å². The summed E-state index contributed by atoms with van der Waals surface area (Å²) in [6.45, 7) is 8.17. The first-order chi connectivity index (χ1) is 19.7. The average molecular weight is 554 g/mol. The van der Waals surface area contributed by atoms with Gasteiger partial charge < -0.3 is 19.5 Å². The standard InChI is InChI=1S/C30H31N7O4/c1-18-10-11-31-16-23(18)37-27(15-26(36-37)30(2,3)4)35-29(38)34-19-8-7-9-20(12-19)41-28-21-13-24(39-5)25(40-6)14-22(21)32-17-33-28/h7-17H,1-6H3,(H2,34,35,38). The molecule has 41 heavy (non-hydrogen) atoms. The zero-order valence-corrected chi connectivity index (χ0v) is 23.7. The maximum Gasteiger partial charge on any atom is 0.324 e. The number of fused-ring (bicyclic) bond motifs is 1. The number of benzene rings is 2. The van der Waals surface area contributed by atoms with Gasteiger partial charge in [-0.2, -0.15) is 5.10 Å². The maximum atomic E-state index is 13.1. The molecule has 11 heteroatoms. The third-order valence-corrected chi connectivity index (χ3v) is 6.37. The van der Waals surface area contributed by atoms with Crippen LogP contribution in [0.25, 0.3) is 16.6 Å². The van der Waals surface area contributed by atoms with Gasteiger partial charge in [0.05, 0.1) is 42.7 Å². The molecule has 0 atom stereocenters. The van der Waals surface area contributed by atoms with Crippen molar-refractivity contribution in [2.75, 3.05) is 24.9 Å². The third-order valence-electron chi connectivity index (χ3n) is 6.37. The summed E-state index contributed by atoms with van der Waals surface area (Å²) in [6.07, 6.45) is 4.86. The number of ether oxygens (including phenoxy) is 3. The molecule has 5 aromatic rings. The van der Waals surface area contributed by atoms with E-state index in [-0.39, 0.29) is 5.41 Å². The van der Waals surface area contributed by atoms with Crippen LogP contribution in [0.2, 0.25) is 0 Å². The minimum absolute atomic E-state index is 0.222. The molecular weight excluding hydrogens is 522 g/mol. The second kappa shape index (κ2) is 11.1. The predicted octanol–water partition coefficient (Wildman–Crippen LogP) is 6.27. The molecule has 2 aromatic carbocycles. The smallest absolute Gasteiger partial charge is 0.324 e. The lowest BCUT2D eigenvalue weighted by atomic mass is 9.92. The maximum absolute atomic E-state index is 13.1. The lowest BCUT2D eigenvalue weighted by Gasteiger charge is -2.14. The average Bonchev–Trinajstić information content (AvgIpc) is 3.37. The molecule has 0 unspecified atom stereocenters. The fraction of sp³-hybridized carbons (Fsp3) is 0.233. The van der Waals surface area contributed by atoms with Gasteiger partial charge in [0.2, 0.25) is 5.88 Å². The first-order valence-electron chi connectivity index (χ1n) is 12.9. The number of urea groups is 1. The summed E-state index contributed by atoms with van der Waals surface area (Å²) in [4.78, 5) is 26.0. The molecule has 0 bridgehead atoms. The topological polar surface area (TPSA) is 125 Å². The van der Waals surface area contributed by atoms with Gasteiger partial charge in [-0.05, 0) is 36.8 Å². The van der Waals surface area contributed by atoms with E-state index in [1.807, 2.05) is 19.1 Å². The Morgan fingerprint density at radius 3 is 2.46 bits per heavy atom. The van der Waals surface area contributed by atoms with Crippen LogP contribution in [0.4, 0.5) is 16.3 Å². The Morgan fingerprint density at radius 2 is 1.73 bits per heavy atom. The molecule has 5 rings (SSSR count). The van der Waals surface area contributed by atoms with Crippen molar-refractivity contribution < 1.29 is 19.0 Å². The number of carbonyl (C=O) groups is 1. The van der Waals surface area contributed by atoms with E-state index in [2.05, 4.69) is 46.4 Å². The zero-order valence-electron chi connectivity index (χ0n) is 23.7. The number of hydrogen-bond acceptors (Lipinski definition) is 8. The molecule has 2 amide bonds. The van der Waals surface area contributed by atoms with E-state index in [1.165, 1.54) is 6.33 Å². The number of amides is 2. The second-order valence-corrected chi connectivity index (χ2v) is 10.4. The highest BCUT2D eigenvalue weighted by molar-refractivity contribution is 5.99. The van der Waals surface area contributed by atoms with Gasteiger partial charge in [-0.1, -0.05) is 26.8 Å². The normalized spacial score (nSPS) is 11.3. The van der Waals surface area contributed by atoms with Gasteiger partial charge in [0.1, 0.15) is 17.9 Å². The molecule has 0 saturated carbocycles. The molecule has 0 radical (unpaired) electrons. The van der Waals surface area contributed by atoms with Crippen LogP contribution in [-0.2, 0) is 5.41 Å². The van der Waals surface area contributed by atoms with Crippen LogP contribution in [0.3, 0.4) is 0 Å². The van der Waals surface area contributed by atoms with Gasteiger partial charge in [0.25, 0.3) is 0 Å². The molecule has 0 saturated heterocycles. The molecule has 210 valence electrons. The van der Waals surface area contributed by atoms with E-state index < -0.39 is 6.03 Å². The SMILES string of the molecule is COc1cc2ncnc(Oc3cccc(NC(=O)Nc4cc(C(C)(C)C)nn4-c4cnccc4C)c3)c2cc1OC. The number of carbonyl (C=O) groups excluding carboxylic acids is 1. The number of hydrogen-bond donors (Lipinski definition) is 2. The summed E-state index contributed by atoms with van der Waals surface area (Å²) < 4.78 is 18.6. The van der Waals surface area contributed by atoms with Gasteiger partial charge in [-0.25, -0.2) is 19.4 Å². The minimum atomic E-state index is -0.436. The van der Waals surface area contributed by atoms with Crippen molar-refractivity contribution in [2.45, 2.75) is 33.1 Å². The van der Waals surface area contributed by atoms with E-state index in [0.29, 0.717) is 45.5 Å². The third kappa shape index (κ3) is 5.88. The first kappa shape index (κ1) is 27.4. The summed E-state index contributed by atoms with van der Waals surface area (Å²) in [7, 11) is 3.12. The van der Waals surface area contributed by atoms with Crippen LogP contribution in [-0.4, -0.2) is 45.0 Å². The van der Waals surface area contributed by atoms with Gasteiger partial charge >= 0.3 is 6.03 Å². The highest BCUT2D eigenvalue weighted by Crippen LogP contribution is 2.36. The minimum Gasteiger partial charge on any atom is -0.493 e. The second-order valence-electron chi connectivity index (χ2n) is 10.4. The molecule has 11 nitrogen and oxygen atoms in total. The van der Waals surface area contributed by atoms with E-state index >= 15 is 0 Å². The molecule has 3 heterocycles. The lowest BCUT2D eigenvalue weighted by molar-refractivity contribution is 0.262. The van der Waals surface area contributed by atoms with Crippen molar-refractivity contribution >= 4 is 28.4 Å². The molecule has 3 aromatic heterocycles. The number of pyridine rings is 1. The Balaban J connectivity index is 1.38. The lowest BCUT2D eigenvalue weighted by Crippen LogP contribution is -2.21. The number of nitrogens with zero attached hydrogens (tertiary/aromatic N) is 5. The largest absolute Gasteiger partial charge is 0.493 e. The van der Waals surface area contributed by atoms with E-state index in [0.717, 1.165) is 16.9 Å². The van der Waals surface area contributed by atoms with Crippen LogP contribution >= 0.6 is 0 Å². The van der Waals surface area contributed by atoms with Crippen LogP contribution in [0.5, 0.6) is 23.1 Å². The zero-order chi connectivity index (χ0) is 29.1. The van der Waals surface area contributed by atoms with Crippen LogP contribution in [0.15, 0.2) is 67.3 Å². The summed E-state index contributed by atoms with van der Waals surface area (Å²) in [6, 6.07) is 13.9. The van der Waals surface area contributed by atoms with Crippen molar-refractivity contribution in [1.29, 1.82) is 0 Å². The molecular formula is C30H31N7O4. The monoisotopic (exact) mass is 553 g/mol. The Kier molecular flexibility index (Phi) is 7.43. The number of aryl methyl sites for hydroxylation is 1. The van der Waals surface area contributed by atoms with Gasteiger partial charge in [0.15, 0.2) is 11.5 Å².